The molecule has 0 aliphatic carbocycles. The van der Waals surface area contributed by atoms with Crippen molar-refractivity contribution in [1.29, 1.82) is 0 Å². The second kappa shape index (κ2) is 6.68. The molecule has 3 nitrogen and oxygen atoms in total. The topological polar surface area (TPSA) is 32.3 Å². The van der Waals surface area contributed by atoms with E-state index in [1.54, 1.807) is 12.1 Å². The number of rotatable bonds is 5. The molecular weight excluding hydrogens is 323 g/mol. The predicted octanol–water partition coefficient (Wildman–Crippen LogP) is 3.25. The second-order valence-electron chi connectivity index (χ2n) is 5.40. The molecule has 0 spiro atoms. The fraction of sp³-hybridized carbons (Fsp3) is 0.533. The van der Waals surface area contributed by atoms with E-state index in [0.717, 1.165) is 17.4 Å². The highest BCUT2D eigenvalue weighted by Gasteiger charge is 2.22. The van der Waals surface area contributed by atoms with Crippen molar-refractivity contribution < 1.29 is 9.18 Å². The molecule has 1 saturated heterocycles. The zero-order chi connectivity index (χ0) is 14.7. The summed E-state index contributed by atoms with van der Waals surface area (Å²) in [6.07, 6.45) is 1.60. The molecule has 0 radical (unpaired) electrons. The first-order valence-electron chi connectivity index (χ1n) is 6.96. The summed E-state index contributed by atoms with van der Waals surface area (Å²) < 4.78 is 14.7. The minimum atomic E-state index is -0.211. The highest BCUT2D eigenvalue weighted by molar-refractivity contribution is 9.10. The Labute approximate surface area is 127 Å². The van der Waals surface area contributed by atoms with Gasteiger partial charge in [0.05, 0.1) is 0 Å². The third-order valence-electron chi connectivity index (χ3n) is 3.62. The van der Waals surface area contributed by atoms with Crippen LogP contribution in [0.4, 0.5) is 4.39 Å². The molecule has 20 heavy (non-hydrogen) atoms. The van der Waals surface area contributed by atoms with Gasteiger partial charge in [-0.1, -0.05) is 15.9 Å². The largest absolute Gasteiger partial charge is 0.341 e. The lowest BCUT2D eigenvalue weighted by molar-refractivity contribution is -0.127. The van der Waals surface area contributed by atoms with E-state index in [4.69, 9.17) is 0 Å². The number of benzene rings is 1. The summed E-state index contributed by atoms with van der Waals surface area (Å²) in [5, 5.41) is 3.36. The molecule has 1 amide bonds. The van der Waals surface area contributed by atoms with Crippen molar-refractivity contribution in [3.63, 3.8) is 0 Å². The fourth-order valence-electron chi connectivity index (χ4n) is 2.64. The van der Waals surface area contributed by atoms with Crippen LogP contribution in [0.15, 0.2) is 22.7 Å². The maximum Gasteiger partial charge on any atom is 0.222 e. The standard InChI is InChI=1S/C15H20BrFN2O/c1-10(9-19-7-3-4-15(19)20)18-11(2)13-8-12(16)5-6-14(13)17/h5-6,8,10-11,18H,3-4,7,9H2,1-2H3. The van der Waals surface area contributed by atoms with E-state index in [1.165, 1.54) is 6.07 Å². The molecule has 1 aliphatic rings. The van der Waals surface area contributed by atoms with Gasteiger partial charge >= 0.3 is 0 Å². The van der Waals surface area contributed by atoms with Gasteiger partial charge in [-0.25, -0.2) is 4.39 Å². The molecule has 1 aromatic carbocycles. The van der Waals surface area contributed by atoms with E-state index in [9.17, 15) is 9.18 Å². The summed E-state index contributed by atoms with van der Waals surface area (Å²) in [5.74, 6) is 0.0117. The van der Waals surface area contributed by atoms with Crippen molar-refractivity contribution in [1.82, 2.24) is 10.2 Å². The quantitative estimate of drug-likeness (QED) is 0.890. The summed E-state index contributed by atoms with van der Waals surface area (Å²) in [4.78, 5) is 13.5. The zero-order valence-electron chi connectivity index (χ0n) is 11.8. The lowest BCUT2D eigenvalue weighted by atomic mass is 10.1. The Balaban J connectivity index is 1.94. The first kappa shape index (κ1) is 15.4. The Morgan fingerprint density at radius 2 is 2.20 bits per heavy atom. The van der Waals surface area contributed by atoms with Crippen LogP contribution in [0.25, 0.3) is 0 Å². The number of carbonyl (C=O) groups excluding carboxylic acids is 1. The average Bonchev–Trinajstić information content (AvgIpc) is 2.77. The van der Waals surface area contributed by atoms with Crippen LogP contribution in [0.5, 0.6) is 0 Å². The molecule has 0 saturated carbocycles. The molecule has 1 aliphatic heterocycles. The molecule has 110 valence electrons. The summed E-state index contributed by atoms with van der Waals surface area (Å²) >= 11 is 3.36. The maximum absolute atomic E-state index is 13.8. The highest BCUT2D eigenvalue weighted by Crippen LogP contribution is 2.22. The lowest BCUT2D eigenvalue weighted by Crippen LogP contribution is -2.40. The molecular formula is C15H20BrFN2O. The second-order valence-corrected chi connectivity index (χ2v) is 6.31. The molecule has 5 heteroatoms. The third-order valence-corrected chi connectivity index (χ3v) is 4.12. The van der Waals surface area contributed by atoms with E-state index in [0.29, 0.717) is 18.5 Å². The number of hydrogen-bond donors (Lipinski definition) is 1. The van der Waals surface area contributed by atoms with Crippen molar-refractivity contribution in [3.05, 3.63) is 34.1 Å². The fourth-order valence-corrected chi connectivity index (χ4v) is 3.02. The van der Waals surface area contributed by atoms with Crippen LogP contribution in [0.1, 0.15) is 38.3 Å². The number of likely N-dealkylation sites (tertiary alicyclic amines) is 1. The van der Waals surface area contributed by atoms with Gasteiger partial charge in [-0.05, 0) is 38.5 Å². The Morgan fingerprint density at radius 3 is 2.85 bits per heavy atom. The first-order valence-corrected chi connectivity index (χ1v) is 7.75. The van der Waals surface area contributed by atoms with Gasteiger partial charge in [0.1, 0.15) is 5.82 Å². The number of hydrogen-bond acceptors (Lipinski definition) is 2. The number of nitrogens with zero attached hydrogens (tertiary/aromatic N) is 1. The van der Waals surface area contributed by atoms with Crippen LogP contribution < -0.4 is 5.32 Å². The van der Waals surface area contributed by atoms with Crippen molar-refractivity contribution in [2.75, 3.05) is 13.1 Å². The van der Waals surface area contributed by atoms with E-state index in [2.05, 4.69) is 21.2 Å². The predicted molar refractivity (Wildman–Crippen MR) is 80.9 cm³/mol. The third kappa shape index (κ3) is 3.79. The van der Waals surface area contributed by atoms with Crippen LogP contribution in [0.2, 0.25) is 0 Å². The summed E-state index contributed by atoms with van der Waals surface area (Å²) in [5.41, 5.74) is 0.638. The van der Waals surface area contributed by atoms with Gasteiger partial charge in [-0.3, -0.25) is 4.79 Å². The van der Waals surface area contributed by atoms with Crippen LogP contribution in [0, 0.1) is 5.82 Å². The minimum absolute atomic E-state index is 0.0970. The van der Waals surface area contributed by atoms with Gasteiger partial charge in [0.2, 0.25) is 5.91 Å². The molecule has 2 rings (SSSR count). The Kier molecular flexibility index (Phi) is 5.16. The van der Waals surface area contributed by atoms with E-state index in [-0.39, 0.29) is 23.8 Å². The van der Waals surface area contributed by atoms with Crippen molar-refractivity contribution in [2.45, 2.75) is 38.8 Å². The van der Waals surface area contributed by atoms with Crippen molar-refractivity contribution >= 4 is 21.8 Å². The van der Waals surface area contributed by atoms with E-state index >= 15 is 0 Å². The van der Waals surface area contributed by atoms with Gasteiger partial charge in [0.25, 0.3) is 0 Å². The number of nitrogens with one attached hydrogen (secondary N) is 1. The Bertz CT molecular complexity index is 495. The molecule has 0 bridgehead atoms. The zero-order valence-corrected chi connectivity index (χ0v) is 13.4. The normalized spacial score (nSPS) is 18.4. The Hall–Kier alpha value is -0.940. The number of amides is 1. The van der Waals surface area contributed by atoms with Gasteiger partial charge < -0.3 is 10.2 Å². The molecule has 2 atom stereocenters. The SMILES string of the molecule is CC(CN1CCCC1=O)NC(C)c1cc(Br)ccc1F. The maximum atomic E-state index is 13.8. The molecule has 1 N–H and O–H groups in total. The average molecular weight is 343 g/mol. The van der Waals surface area contributed by atoms with Crippen LogP contribution in [-0.4, -0.2) is 29.9 Å². The lowest BCUT2D eigenvalue weighted by Gasteiger charge is -2.25. The highest BCUT2D eigenvalue weighted by atomic mass is 79.9. The Morgan fingerprint density at radius 1 is 1.45 bits per heavy atom. The van der Waals surface area contributed by atoms with E-state index in [1.807, 2.05) is 18.7 Å². The summed E-state index contributed by atoms with van der Waals surface area (Å²) in [6.45, 7) is 5.48. The summed E-state index contributed by atoms with van der Waals surface area (Å²) in [7, 11) is 0. The molecule has 1 heterocycles. The monoisotopic (exact) mass is 342 g/mol. The smallest absolute Gasteiger partial charge is 0.222 e. The molecule has 0 aromatic heterocycles. The minimum Gasteiger partial charge on any atom is -0.341 e. The van der Waals surface area contributed by atoms with Crippen molar-refractivity contribution in [2.24, 2.45) is 0 Å². The van der Waals surface area contributed by atoms with Gasteiger partial charge in [-0.2, -0.15) is 0 Å². The first-order chi connectivity index (χ1) is 9.47. The number of halogens is 2. The van der Waals surface area contributed by atoms with Crippen LogP contribution in [-0.2, 0) is 4.79 Å². The summed E-state index contributed by atoms with van der Waals surface area (Å²) in [6, 6.07) is 4.98. The molecule has 1 aromatic rings. The van der Waals surface area contributed by atoms with Gasteiger partial charge in [0, 0.05) is 41.6 Å². The van der Waals surface area contributed by atoms with Crippen LogP contribution in [0.3, 0.4) is 0 Å². The molecule has 2 unspecified atom stereocenters. The van der Waals surface area contributed by atoms with Gasteiger partial charge in [0.15, 0.2) is 0 Å². The van der Waals surface area contributed by atoms with E-state index < -0.39 is 0 Å². The van der Waals surface area contributed by atoms with Crippen LogP contribution >= 0.6 is 15.9 Å². The number of carbonyl (C=O) groups is 1. The van der Waals surface area contributed by atoms with Crippen molar-refractivity contribution in [3.8, 4) is 0 Å². The van der Waals surface area contributed by atoms with Gasteiger partial charge in [-0.15, -0.1) is 0 Å². The molecule has 1 fully saturated rings.